The van der Waals surface area contributed by atoms with E-state index in [9.17, 15) is 4.79 Å². The summed E-state index contributed by atoms with van der Waals surface area (Å²) < 4.78 is 11.1. The van der Waals surface area contributed by atoms with Crippen LogP contribution in [0.25, 0.3) is 0 Å². The van der Waals surface area contributed by atoms with Crippen LogP contribution in [0.3, 0.4) is 0 Å². The molecule has 1 fully saturated rings. The average Bonchev–Trinajstić information content (AvgIpc) is 2.97. The Morgan fingerprint density at radius 2 is 1.61 bits per heavy atom. The number of hydrogen-bond acceptors (Lipinski definition) is 4. The number of amides is 1. The lowest BCUT2D eigenvalue weighted by Crippen LogP contribution is -2.30. The van der Waals surface area contributed by atoms with Gasteiger partial charge in [0.25, 0.3) is 0 Å². The summed E-state index contributed by atoms with van der Waals surface area (Å²) in [6.45, 7) is 6.47. The zero-order valence-electron chi connectivity index (χ0n) is 17.6. The molecule has 28 heavy (non-hydrogen) atoms. The van der Waals surface area contributed by atoms with E-state index in [1.807, 2.05) is 24.3 Å². The molecular formula is C23H38N2O3. The minimum atomic E-state index is -0.393. The van der Waals surface area contributed by atoms with Crippen LogP contribution < -0.4 is 10.1 Å². The Morgan fingerprint density at radius 3 is 2.32 bits per heavy atom. The van der Waals surface area contributed by atoms with E-state index in [1.54, 1.807) is 0 Å². The Kier molecular flexibility index (Phi) is 11.5. The first kappa shape index (κ1) is 22.5. The van der Waals surface area contributed by atoms with E-state index in [1.165, 1.54) is 57.8 Å². The first-order valence-electron chi connectivity index (χ1n) is 11.2. The molecule has 5 nitrogen and oxygen atoms in total. The van der Waals surface area contributed by atoms with Crippen LogP contribution in [0.4, 0.5) is 10.5 Å². The molecule has 5 heteroatoms. The highest BCUT2D eigenvalue weighted by atomic mass is 16.5. The van der Waals surface area contributed by atoms with Crippen molar-refractivity contribution in [3.05, 3.63) is 24.3 Å². The molecule has 0 radical (unpaired) electrons. The summed E-state index contributed by atoms with van der Waals surface area (Å²) in [6.07, 6.45) is 12.3. The smallest absolute Gasteiger partial charge is 0.411 e. The van der Waals surface area contributed by atoms with Crippen molar-refractivity contribution in [2.75, 3.05) is 38.2 Å². The maximum absolute atomic E-state index is 11.9. The van der Waals surface area contributed by atoms with Gasteiger partial charge in [0.1, 0.15) is 12.4 Å². The number of unbranched alkanes of at least 4 members (excludes halogenated alkanes) is 5. The number of nitrogens with zero attached hydrogens (tertiary/aromatic N) is 1. The molecule has 0 saturated carbocycles. The van der Waals surface area contributed by atoms with Crippen molar-refractivity contribution < 1.29 is 14.3 Å². The highest BCUT2D eigenvalue weighted by molar-refractivity contribution is 5.84. The molecule has 0 aromatic heterocycles. The molecule has 0 atom stereocenters. The van der Waals surface area contributed by atoms with Crippen LogP contribution >= 0.6 is 0 Å². The van der Waals surface area contributed by atoms with Gasteiger partial charge in [-0.25, -0.2) is 4.79 Å². The van der Waals surface area contributed by atoms with E-state index in [0.29, 0.717) is 6.61 Å². The van der Waals surface area contributed by atoms with Crippen molar-refractivity contribution in [1.82, 2.24) is 4.90 Å². The molecule has 1 heterocycles. The molecule has 1 aromatic rings. The Balaban J connectivity index is 1.56. The van der Waals surface area contributed by atoms with Gasteiger partial charge in [-0.2, -0.15) is 0 Å². The lowest BCUT2D eigenvalue weighted by molar-refractivity contribution is 0.140. The normalized spacial score (nSPS) is 15.0. The third kappa shape index (κ3) is 9.98. The van der Waals surface area contributed by atoms with Gasteiger partial charge in [-0.15, -0.1) is 0 Å². The van der Waals surface area contributed by atoms with Gasteiger partial charge < -0.3 is 9.47 Å². The SMILES string of the molecule is CCCCCCCCOc1ccc(NC(=O)OCCN2CCCCCC2)cc1. The van der Waals surface area contributed by atoms with Crippen molar-refractivity contribution in [2.45, 2.75) is 71.1 Å². The van der Waals surface area contributed by atoms with E-state index in [-0.39, 0.29) is 0 Å². The first-order valence-corrected chi connectivity index (χ1v) is 11.2. The van der Waals surface area contributed by atoms with Crippen LogP contribution in [0.2, 0.25) is 0 Å². The van der Waals surface area contributed by atoms with Crippen molar-refractivity contribution in [3.8, 4) is 5.75 Å². The molecule has 1 aliphatic rings. The molecule has 0 bridgehead atoms. The third-order valence-corrected chi connectivity index (χ3v) is 5.21. The van der Waals surface area contributed by atoms with Crippen LogP contribution in [0, 0.1) is 0 Å². The maximum atomic E-state index is 11.9. The zero-order chi connectivity index (χ0) is 19.9. The fourth-order valence-corrected chi connectivity index (χ4v) is 3.49. The van der Waals surface area contributed by atoms with Gasteiger partial charge in [-0.1, -0.05) is 51.9 Å². The molecule has 1 saturated heterocycles. The number of rotatable bonds is 12. The van der Waals surface area contributed by atoms with Crippen LogP contribution in [0.5, 0.6) is 5.75 Å². The van der Waals surface area contributed by atoms with Crippen LogP contribution in [-0.4, -0.2) is 43.8 Å². The van der Waals surface area contributed by atoms with E-state index in [4.69, 9.17) is 9.47 Å². The monoisotopic (exact) mass is 390 g/mol. The summed E-state index contributed by atoms with van der Waals surface area (Å²) in [5, 5.41) is 2.78. The second kappa shape index (κ2) is 14.3. The van der Waals surface area contributed by atoms with Crippen LogP contribution in [0.15, 0.2) is 24.3 Å². The molecule has 158 valence electrons. The van der Waals surface area contributed by atoms with E-state index < -0.39 is 6.09 Å². The number of benzene rings is 1. The van der Waals surface area contributed by atoms with Gasteiger partial charge in [0.05, 0.1) is 6.61 Å². The summed E-state index contributed by atoms with van der Waals surface area (Å²) >= 11 is 0. The number of carbonyl (C=O) groups excluding carboxylic acids is 1. The van der Waals surface area contributed by atoms with Gasteiger partial charge in [0, 0.05) is 12.2 Å². The largest absolute Gasteiger partial charge is 0.494 e. The molecule has 1 N–H and O–H groups in total. The number of carbonyl (C=O) groups is 1. The third-order valence-electron chi connectivity index (χ3n) is 5.21. The molecule has 2 rings (SSSR count). The predicted molar refractivity (Wildman–Crippen MR) is 115 cm³/mol. The maximum Gasteiger partial charge on any atom is 0.411 e. The Bertz CT molecular complexity index is 525. The van der Waals surface area contributed by atoms with Gasteiger partial charge in [-0.05, 0) is 56.6 Å². The second-order valence-corrected chi connectivity index (χ2v) is 7.66. The molecule has 1 amide bonds. The van der Waals surface area contributed by atoms with Gasteiger partial charge in [0.15, 0.2) is 0 Å². The van der Waals surface area contributed by atoms with Gasteiger partial charge >= 0.3 is 6.09 Å². The standard InChI is InChI=1S/C23H38N2O3/c1-2-3-4-5-8-11-19-27-22-14-12-21(13-15-22)24-23(26)28-20-18-25-16-9-6-7-10-17-25/h12-15H,2-11,16-20H2,1H3,(H,24,26). The minimum absolute atomic E-state index is 0.393. The lowest BCUT2D eigenvalue weighted by atomic mass is 10.1. The lowest BCUT2D eigenvalue weighted by Gasteiger charge is -2.19. The summed E-state index contributed by atoms with van der Waals surface area (Å²) in [5.41, 5.74) is 0.728. The summed E-state index contributed by atoms with van der Waals surface area (Å²) in [7, 11) is 0. The number of hydrogen-bond donors (Lipinski definition) is 1. The second-order valence-electron chi connectivity index (χ2n) is 7.66. The fraction of sp³-hybridized carbons (Fsp3) is 0.696. The Morgan fingerprint density at radius 1 is 0.929 bits per heavy atom. The number of anilines is 1. The van der Waals surface area contributed by atoms with Crippen molar-refractivity contribution in [2.24, 2.45) is 0 Å². The molecule has 1 aromatic carbocycles. The van der Waals surface area contributed by atoms with Gasteiger partial charge in [-0.3, -0.25) is 10.2 Å². The molecule has 0 spiro atoms. The number of nitrogens with one attached hydrogen (secondary N) is 1. The summed E-state index contributed by atoms with van der Waals surface area (Å²) in [5.74, 6) is 0.841. The minimum Gasteiger partial charge on any atom is -0.494 e. The average molecular weight is 391 g/mol. The van der Waals surface area contributed by atoms with Crippen molar-refractivity contribution in [1.29, 1.82) is 0 Å². The van der Waals surface area contributed by atoms with Crippen molar-refractivity contribution >= 4 is 11.8 Å². The zero-order valence-corrected chi connectivity index (χ0v) is 17.6. The highest BCUT2D eigenvalue weighted by Crippen LogP contribution is 2.17. The Hall–Kier alpha value is -1.75. The highest BCUT2D eigenvalue weighted by Gasteiger charge is 2.10. The Labute approximate surface area is 170 Å². The van der Waals surface area contributed by atoms with Crippen molar-refractivity contribution in [3.63, 3.8) is 0 Å². The molecule has 1 aliphatic heterocycles. The number of ether oxygens (including phenoxy) is 2. The van der Waals surface area contributed by atoms with E-state index >= 15 is 0 Å². The van der Waals surface area contributed by atoms with E-state index in [2.05, 4.69) is 17.1 Å². The fourth-order valence-electron chi connectivity index (χ4n) is 3.49. The molecule has 0 unspecified atom stereocenters. The van der Waals surface area contributed by atoms with Crippen LogP contribution in [0.1, 0.15) is 71.1 Å². The number of likely N-dealkylation sites (tertiary alicyclic amines) is 1. The predicted octanol–water partition coefficient (Wildman–Crippen LogP) is 5.85. The van der Waals surface area contributed by atoms with Gasteiger partial charge in [0.2, 0.25) is 0 Å². The molecule has 0 aliphatic carbocycles. The first-order chi connectivity index (χ1) is 13.8. The van der Waals surface area contributed by atoms with Crippen LogP contribution in [-0.2, 0) is 4.74 Å². The summed E-state index contributed by atoms with van der Waals surface area (Å²) in [4.78, 5) is 14.3. The topological polar surface area (TPSA) is 50.8 Å². The molecular weight excluding hydrogens is 352 g/mol. The quantitative estimate of drug-likeness (QED) is 0.455. The summed E-state index contributed by atoms with van der Waals surface area (Å²) in [6, 6.07) is 7.49. The van der Waals surface area contributed by atoms with E-state index in [0.717, 1.165) is 44.1 Å².